The highest BCUT2D eigenvalue weighted by Crippen LogP contribution is 2.38. The van der Waals surface area contributed by atoms with Crippen LogP contribution in [0.5, 0.6) is 0 Å². The molecule has 3 saturated heterocycles. The number of piperidine rings is 2. The first-order chi connectivity index (χ1) is 12.6. The van der Waals surface area contributed by atoms with Crippen LogP contribution < -0.4 is 0 Å². The lowest BCUT2D eigenvalue weighted by Gasteiger charge is -2.48. The molecule has 6 nitrogen and oxygen atoms in total. The number of hydrogen-bond acceptors (Lipinski definition) is 4. The highest BCUT2D eigenvalue weighted by molar-refractivity contribution is 5.79. The van der Waals surface area contributed by atoms with Crippen molar-refractivity contribution in [2.24, 2.45) is 5.41 Å². The normalized spacial score (nSPS) is 28.4. The van der Waals surface area contributed by atoms with Gasteiger partial charge >= 0.3 is 0 Å². The topological polar surface area (TPSA) is 53.1 Å². The van der Waals surface area contributed by atoms with E-state index < -0.39 is 0 Å². The van der Waals surface area contributed by atoms with Gasteiger partial charge in [-0.3, -0.25) is 14.5 Å². The molecule has 0 N–H and O–H groups in total. The Morgan fingerprint density at radius 3 is 2.54 bits per heavy atom. The predicted octanol–water partition coefficient (Wildman–Crippen LogP) is 1.74. The molecule has 3 heterocycles. The molecule has 0 radical (unpaired) electrons. The van der Waals surface area contributed by atoms with Crippen LogP contribution in [0.15, 0.2) is 0 Å². The van der Waals surface area contributed by atoms with Crippen molar-refractivity contribution < 1.29 is 14.3 Å². The molecule has 0 aliphatic carbocycles. The summed E-state index contributed by atoms with van der Waals surface area (Å²) in [4.78, 5) is 31.5. The summed E-state index contributed by atoms with van der Waals surface area (Å²) in [6.45, 7) is 6.41. The van der Waals surface area contributed by atoms with Crippen molar-refractivity contribution in [3.63, 3.8) is 0 Å². The number of hydrogen-bond donors (Lipinski definition) is 0. The first-order valence-corrected chi connectivity index (χ1v) is 10.4. The van der Waals surface area contributed by atoms with Gasteiger partial charge < -0.3 is 14.5 Å². The average Bonchev–Trinajstić information content (AvgIpc) is 2.91. The van der Waals surface area contributed by atoms with Gasteiger partial charge in [0.05, 0.1) is 13.2 Å². The van der Waals surface area contributed by atoms with E-state index in [2.05, 4.69) is 9.80 Å². The molecule has 6 heteroatoms. The van der Waals surface area contributed by atoms with E-state index in [4.69, 9.17) is 4.74 Å². The zero-order valence-corrected chi connectivity index (χ0v) is 16.4. The highest BCUT2D eigenvalue weighted by atomic mass is 16.5. The van der Waals surface area contributed by atoms with Gasteiger partial charge in [0.1, 0.15) is 0 Å². The van der Waals surface area contributed by atoms with Crippen LogP contribution in [0.1, 0.15) is 51.4 Å². The maximum Gasteiger partial charge on any atom is 0.236 e. The lowest BCUT2D eigenvalue weighted by molar-refractivity contribution is -0.144. The molecule has 2 amide bonds. The van der Waals surface area contributed by atoms with Gasteiger partial charge in [-0.15, -0.1) is 0 Å². The van der Waals surface area contributed by atoms with E-state index in [-0.39, 0.29) is 17.2 Å². The minimum absolute atomic E-state index is 0.0916. The number of amides is 2. The van der Waals surface area contributed by atoms with E-state index in [1.54, 1.807) is 7.11 Å². The van der Waals surface area contributed by atoms with Crippen LogP contribution in [0.3, 0.4) is 0 Å². The number of rotatable bonds is 5. The summed E-state index contributed by atoms with van der Waals surface area (Å²) in [5, 5.41) is 0. The molecular weight excluding hydrogens is 330 g/mol. The van der Waals surface area contributed by atoms with Crippen LogP contribution in [0.2, 0.25) is 0 Å². The van der Waals surface area contributed by atoms with Gasteiger partial charge in [0.15, 0.2) is 0 Å². The number of likely N-dealkylation sites (tertiary alicyclic amines) is 3. The zero-order chi connectivity index (χ0) is 18.4. The van der Waals surface area contributed by atoms with Gasteiger partial charge in [-0.2, -0.15) is 0 Å². The van der Waals surface area contributed by atoms with Crippen LogP contribution in [-0.2, 0) is 14.3 Å². The lowest BCUT2D eigenvalue weighted by atomic mass is 9.73. The van der Waals surface area contributed by atoms with E-state index >= 15 is 0 Å². The fourth-order valence-corrected chi connectivity index (χ4v) is 4.85. The van der Waals surface area contributed by atoms with Crippen molar-refractivity contribution >= 4 is 11.8 Å². The first-order valence-electron chi connectivity index (χ1n) is 10.4. The molecule has 3 fully saturated rings. The molecule has 0 bridgehead atoms. The molecule has 26 heavy (non-hydrogen) atoms. The molecule has 3 aliphatic rings. The van der Waals surface area contributed by atoms with Crippen molar-refractivity contribution in [3.05, 3.63) is 0 Å². The Labute approximate surface area is 157 Å². The van der Waals surface area contributed by atoms with E-state index in [0.29, 0.717) is 26.1 Å². The van der Waals surface area contributed by atoms with Crippen LogP contribution in [-0.4, -0.2) is 86.0 Å². The summed E-state index contributed by atoms with van der Waals surface area (Å²) in [6.07, 6.45) is 8.73. The summed E-state index contributed by atoms with van der Waals surface area (Å²) >= 11 is 0. The number of nitrogens with zero attached hydrogens (tertiary/aromatic N) is 3. The zero-order valence-electron chi connectivity index (χ0n) is 16.4. The van der Waals surface area contributed by atoms with E-state index in [1.165, 1.54) is 25.7 Å². The molecule has 0 aromatic carbocycles. The van der Waals surface area contributed by atoms with Crippen LogP contribution >= 0.6 is 0 Å². The van der Waals surface area contributed by atoms with Crippen LogP contribution in [0.4, 0.5) is 0 Å². The molecule has 0 aromatic rings. The Balaban J connectivity index is 1.57. The van der Waals surface area contributed by atoms with Crippen molar-refractivity contribution in [1.82, 2.24) is 14.7 Å². The molecule has 0 aromatic heterocycles. The molecule has 1 unspecified atom stereocenters. The Morgan fingerprint density at radius 1 is 1.04 bits per heavy atom. The summed E-state index contributed by atoms with van der Waals surface area (Å²) in [5.41, 5.74) is 0.0916. The van der Waals surface area contributed by atoms with Crippen molar-refractivity contribution in [1.29, 1.82) is 0 Å². The van der Waals surface area contributed by atoms with Crippen molar-refractivity contribution in [2.75, 3.05) is 59.5 Å². The smallest absolute Gasteiger partial charge is 0.236 e. The van der Waals surface area contributed by atoms with E-state index in [9.17, 15) is 9.59 Å². The third-order valence-electron chi connectivity index (χ3n) is 6.39. The summed E-state index contributed by atoms with van der Waals surface area (Å²) < 4.78 is 5.16. The largest absolute Gasteiger partial charge is 0.383 e. The number of ether oxygens (including phenoxy) is 1. The third kappa shape index (κ3) is 4.97. The highest BCUT2D eigenvalue weighted by Gasteiger charge is 2.42. The molecule has 1 spiro atoms. The molecule has 0 saturated carbocycles. The number of carbonyl (C=O) groups is 2. The van der Waals surface area contributed by atoms with Crippen LogP contribution in [0, 0.1) is 5.41 Å². The standard InChI is InChI=1S/C20H35N3O3/c1-26-14-13-23-17-20(9-7-18(23)24)8-6-12-22(16-20)19(25)15-21-10-4-2-3-5-11-21/h2-17H2,1H3. The van der Waals surface area contributed by atoms with Gasteiger partial charge in [-0.25, -0.2) is 0 Å². The maximum absolute atomic E-state index is 12.9. The fraction of sp³-hybridized carbons (Fsp3) is 0.900. The number of methoxy groups -OCH3 is 1. The fourth-order valence-electron chi connectivity index (χ4n) is 4.85. The van der Waals surface area contributed by atoms with Gasteiger partial charge in [-0.1, -0.05) is 12.8 Å². The molecule has 148 valence electrons. The Bertz CT molecular complexity index is 491. The van der Waals surface area contributed by atoms with E-state index in [0.717, 1.165) is 52.0 Å². The Kier molecular flexibility index (Phi) is 6.92. The SMILES string of the molecule is COCCN1CC2(CCCN(C(=O)CN3CCCCCC3)C2)CCC1=O. The first kappa shape index (κ1) is 19.6. The minimum Gasteiger partial charge on any atom is -0.383 e. The second-order valence-electron chi connectivity index (χ2n) is 8.42. The lowest BCUT2D eigenvalue weighted by Crippen LogP contribution is -2.56. The minimum atomic E-state index is 0.0916. The van der Waals surface area contributed by atoms with Gasteiger partial charge in [-0.05, 0) is 45.2 Å². The van der Waals surface area contributed by atoms with Gasteiger partial charge in [0.25, 0.3) is 0 Å². The average molecular weight is 366 g/mol. The number of carbonyl (C=O) groups excluding carboxylic acids is 2. The van der Waals surface area contributed by atoms with Crippen molar-refractivity contribution in [3.8, 4) is 0 Å². The Hall–Kier alpha value is -1.14. The molecule has 3 rings (SSSR count). The van der Waals surface area contributed by atoms with Gasteiger partial charge in [0, 0.05) is 45.1 Å². The summed E-state index contributed by atoms with van der Waals surface area (Å²) in [7, 11) is 1.67. The van der Waals surface area contributed by atoms with E-state index in [1.807, 2.05) is 4.90 Å². The monoisotopic (exact) mass is 365 g/mol. The summed E-state index contributed by atoms with van der Waals surface area (Å²) in [6, 6.07) is 0. The second kappa shape index (κ2) is 9.18. The molecule has 3 aliphatic heterocycles. The van der Waals surface area contributed by atoms with Gasteiger partial charge in [0.2, 0.25) is 11.8 Å². The maximum atomic E-state index is 12.9. The Morgan fingerprint density at radius 2 is 1.81 bits per heavy atom. The van der Waals surface area contributed by atoms with Crippen LogP contribution in [0.25, 0.3) is 0 Å². The summed E-state index contributed by atoms with van der Waals surface area (Å²) in [5.74, 6) is 0.520. The van der Waals surface area contributed by atoms with Crippen molar-refractivity contribution in [2.45, 2.75) is 51.4 Å². The quantitative estimate of drug-likeness (QED) is 0.745. The third-order valence-corrected chi connectivity index (χ3v) is 6.39. The molecule has 1 atom stereocenters. The molecular formula is C20H35N3O3. The second-order valence-corrected chi connectivity index (χ2v) is 8.42. The predicted molar refractivity (Wildman–Crippen MR) is 101 cm³/mol.